The van der Waals surface area contributed by atoms with Crippen molar-refractivity contribution in [3.8, 4) is 0 Å². The summed E-state index contributed by atoms with van der Waals surface area (Å²) in [6, 6.07) is 1.93. The van der Waals surface area contributed by atoms with E-state index in [1.807, 2.05) is 11.4 Å². The largest absolute Gasteiger partial charge is 0.293 e. The Morgan fingerprint density at radius 1 is 1.50 bits per heavy atom. The minimum absolute atomic E-state index is 0.326. The summed E-state index contributed by atoms with van der Waals surface area (Å²) in [5.41, 5.74) is 0. The number of hydrogen-bond donors (Lipinski definition) is 0. The Bertz CT molecular complexity index is 326. The number of hydrogen-bond acceptors (Lipinski definition) is 2. The fraction of sp³-hybridized carbons (Fsp3) is 0.545. The summed E-state index contributed by atoms with van der Waals surface area (Å²) in [7, 11) is 0. The maximum Gasteiger partial charge on any atom is 0.173 e. The van der Waals surface area contributed by atoms with Crippen LogP contribution in [0.25, 0.3) is 0 Å². The average molecular weight is 273 g/mol. The lowest BCUT2D eigenvalue weighted by molar-refractivity contribution is 0.0966. The average Bonchev–Trinajstić information content (AvgIpc) is 2.75. The standard InChI is InChI=1S/C11H13BrOS/c12-9-6-11(14-7-9)10(13)5-8-3-1-2-4-8/h6-8H,1-5H2. The van der Waals surface area contributed by atoms with E-state index in [-0.39, 0.29) is 0 Å². The van der Waals surface area contributed by atoms with Crippen LogP contribution < -0.4 is 0 Å². The summed E-state index contributed by atoms with van der Waals surface area (Å²) in [6.45, 7) is 0. The lowest BCUT2D eigenvalue weighted by Gasteiger charge is -2.05. The van der Waals surface area contributed by atoms with Crippen LogP contribution in [0.5, 0.6) is 0 Å². The van der Waals surface area contributed by atoms with Gasteiger partial charge in [-0.25, -0.2) is 0 Å². The molecular formula is C11H13BrOS. The van der Waals surface area contributed by atoms with Crippen molar-refractivity contribution in [1.29, 1.82) is 0 Å². The van der Waals surface area contributed by atoms with Gasteiger partial charge in [-0.05, 0) is 27.9 Å². The van der Waals surface area contributed by atoms with Crippen LogP contribution in [0.3, 0.4) is 0 Å². The van der Waals surface area contributed by atoms with E-state index in [9.17, 15) is 4.79 Å². The van der Waals surface area contributed by atoms with Crippen molar-refractivity contribution >= 4 is 33.0 Å². The molecule has 0 aromatic carbocycles. The molecule has 14 heavy (non-hydrogen) atoms. The van der Waals surface area contributed by atoms with Gasteiger partial charge in [-0.1, -0.05) is 25.7 Å². The summed E-state index contributed by atoms with van der Waals surface area (Å²) in [5, 5.41) is 1.97. The maximum atomic E-state index is 11.8. The number of ketones is 1. The molecule has 0 saturated heterocycles. The molecule has 1 heterocycles. The topological polar surface area (TPSA) is 17.1 Å². The van der Waals surface area contributed by atoms with Gasteiger partial charge in [-0.2, -0.15) is 0 Å². The van der Waals surface area contributed by atoms with E-state index in [1.54, 1.807) is 11.3 Å². The molecule has 1 aliphatic carbocycles. The minimum Gasteiger partial charge on any atom is -0.293 e. The van der Waals surface area contributed by atoms with Gasteiger partial charge in [0.2, 0.25) is 0 Å². The van der Waals surface area contributed by atoms with E-state index in [0.717, 1.165) is 15.8 Å². The predicted octanol–water partition coefficient (Wildman–Crippen LogP) is 4.27. The monoisotopic (exact) mass is 272 g/mol. The molecule has 1 aliphatic rings. The second-order valence-electron chi connectivity index (χ2n) is 3.91. The van der Waals surface area contributed by atoms with Gasteiger partial charge in [0.1, 0.15) is 0 Å². The van der Waals surface area contributed by atoms with Crippen LogP contribution in [0.15, 0.2) is 15.9 Å². The Kier molecular flexibility index (Phi) is 3.39. The van der Waals surface area contributed by atoms with E-state index in [0.29, 0.717) is 11.7 Å². The zero-order chi connectivity index (χ0) is 9.97. The Morgan fingerprint density at radius 2 is 2.21 bits per heavy atom. The third-order valence-corrected chi connectivity index (χ3v) is 4.52. The highest BCUT2D eigenvalue weighted by molar-refractivity contribution is 9.10. The second-order valence-corrected chi connectivity index (χ2v) is 5.73. The molecule has 3 heteroatoms. The zero-order valence-corrected chi connectivity index (χ0v) is 10.4. The van der Waals surface area contributed by atoms with Crippen LogP contribution >= 0.6 is 27.3 Å². The van der Waals surface area contributed by atoms with Crippen molar-refractivity contribution in [2.45, 2.75) is 32.1 Å². The van der Waals surface area contributed by atoms with Crippen molar-refractivity contribution < 1.29 is 4.79 Å². The molecule has 1 fully saturated rings. The fourth-order valence-electron chi connectivity index (χ4n) is 2.04. The number of carbonyl (C=O) groups is 1. The quantitative estimate of drug-likeness (QED) is 0.751. The lowest BCUT2D eigenvalue weighted by atomic mass is 10.0. The fourth-order valence-corrected chi connectivity index (χ4v) is 3.41. The van der Waals surface area contributed by atoms with Crippen LogP contribution in [-0.4, -0.2) is 5.78 Å². The zero-order valence-electron chi connectivity index (χ0n) is 7.96. The van der Waals surface area contributed by atoms with E-state index < -0.39 is 0 Å². The lowest BCUT2D eigenvalue weighted by Crippen LogP contribution is -2.03. The molecule has 1 nitrogen and oxygen atoms in total. The highest BCUT2D eigenvalue weighted by Crippen LogP contribution is 2.30. The Morgan fingerprint density at radius 3 is 2.79 bits per heavy atom. The first-order valence-electron chi connectivity index (χ1n) is 5.03. The van der Waals surface area contributed by atoms with Gasteiger partial charge in [0.25, 0.3) is 0 Å². The molecule has 1 saturated carbocycles. The molecule has 76 valence electrons. The van der Waals surface area contributed by atoms with Crippen molar-refractivity contribution in [2.24, 2.45) is 5.92 Å². The van der Waals surface area contributed by atoms with Gasteiger partial charge in [0.05, 0.1) is 4.88 Å². The Labute approximate surface area is 96.6 Å². The molecule has 1 aromatic rings. The van der Waals surface area contributed by atoms with Crippen molar-refractivity contribution in [2.75, 3.05) is 0 Å². The van der Waals surface area contributed by atoms with Gasteiger partial charge in [0.15, 0.2) is 5.78 Å². The van der Waals surface area contributed by atoms with Crippen molar-refractivity contribution in [1.82, 2.24) is 0 Å². The Balaban J connectivity index is 1.95. The summed E-state index contributed by atoms with van der Waals surface area (Å²) < 4.78 is 1.03. The third-order valence-electron chi connectivity index (χ3n) is 2.79. The molecule has 0 bridgehead atoms. The van der Waals surface area contributed by atoms with E-state index in [2.05, 4.69) is 15.9 Å². The number of thiophene rings is 1. The van der Waals surface area contributed by atoms with Gasteiger partial charge < -0.3 is 0 Å². The van der Waals surface area contributed by atoms with Gasteiger partial charge in [0, 0.05) is 16.3 Å². The normalized spacial score (nSPS) is 17.5. The van der Waals surface area contributed by atoms with Crippen LogP contribution in [0.2, 0.25) is 0 Å². The third kappa shape index (κ3) is 2.45. The summed E-state index contributed by atoms with van der Waals surface area (Å²) in [5.74, 6) is 0.982. The number of Topliss-reactive ketones (excluding diaryl/α,β-unsaturated/α-hetero) is 1. The molecule has 0 atom stereocenters. The summed E-state index contributed by atoms with van der Waals surface area (Å²) >= 11 is 4.92. The van der Waals surface area contributed by atoms with Gasteiger partial charge in [-0.15, -0.1) is 11.3 Å². The Hall–Kier alpha value is -0.150. The molecule has 0 amide bonds. The molecule has 0 radical (unpaired) electrons. The number of rotatable bonds is 3. The molecule has 0 N–H and O–H groups in total. The first-order chi connectivity index (χ1) is 6.75. The molecule has 1 aromatic heterocycles. The van der Waals surface area contributed by atoms with Crippen LogP contribution in [0, 0.1) is 5.92 Å². The molecular weight excluding hydrogens is 260 g/mol. The molecule has 0 unspecified atom stereocenters. The van der Waals surface area contributed by atoms with E-state index >= 15 is 0 Å². The van der Waals surface area contributed by atoms with Gasteiger partial charge >= 0.3 is 0 Å². The highest BCUT2D eigenvalue weighted by Gasteiger charge is 2.19. The number of halogens is 1. The molecule has 2 rings (SSSR count). The molecule has 0 aliphatic heterocycles. The maximum absolute atomic E-state index is 11.8. The SMILES string of the molecule is O=C(CC1CCCC1)c1cc(Br)cs1. The van der Waals surface area contributed by atoms with Crippen LogP contribution in [0.1, 0.15) is 41.8 Å². The highest BCUT2D eigenvalue weighted by atomic mass is 79.9. The van der Waals surface area contributed by atoms with Gasteiger partial charge in [-0.3, -0.25) is 4.79 Å². The van der Waals surface area contributed by atoms with E-state index in [4.69, 9.17) is 0 Å². The van der Waals surface area contributed by atoms with E-state index in [1.165, 1.54) is 25.7 Å². The number of carbonyl (C=O) groups excluding carboxylic acids is 1. The van der Waals surface area contributed by atoms with Crippen LogP contribution in [-0.2, 0) is 0 Å². The second kappa shape index (κ2) is 4.58. The smallest absolute Gasteiger partial charge is 0.173 e. The first kappa shape index (κ1) is 10.4. The summed E-state index contributed by atoms with van der Waals surface area (Å²) in [4.78, 5) is 12.7. The first-order valence-corrected chi connectivity index (χ1v) is 6.70. The molecule has 0 spiro atoms. The van der Waals surface area contributed by atoms with Crippen molar-refractivity contribution in [3.05, 3.63) is 20.8 Å². The summed E-state index contributed by atoms with van der Waals surface area (Å²) in [6.07, 6.45) is 5.88. The van der Waals surface area contributed by atoms with Crippen LogP contribution in [0.4, 0.5) is 0 Å². The van der Waals surface area contributed by atoms with Crippen molar-refractivity contribution in [3.63, 3.8) is 0 Å². The predicted molar refractivity (Wildman–Crippen MR) is 62.9 cm³/mol. The minimum atomic E-state index is 0.326.